The average Bonchev–Trinajstić information content (AvgIpc) is 2.37. The van der Waals surface area contributed by atoms with Crippen molar-refractivity contribution in [3.05, 3.63) is 0 Å². The molecule has 0 bridgehead atoms. The molecule has 4 heteroatoms. The zero-order valence-corrected chi connectivity index (χ0v) is 11.6. The maximum atomic E-state index is 5.56. The lowest BCUT2D eigenvalue weighted by Gasteiger charge is -2.32. The molecule has 0 aromatic heterocycles. The van der Waals surface area contributed by atoms with Crippen LogP contribution in [-0.2, 0) is 9.47 Å². The van der Waals surface area contributed by atoms with E-state index in [0.29, 0.717) is 0 Å². The van der Waals surface area contributed by atoms with E-state index >= 15 is 0 Å². The minimum atomic E-state index is -0.0332. The molecule has 1 heterocycles. The molecule has 0 amide bonds. The molecule has 1 N–H and O–H groups in total. The molecule has 1 aliphatic rings. The number of rotatable bonds is 8. The summed E-state index contributed by atoms with van der Waals surface area (Å²) in [5.41, 5.74) is 0. The fourth-order valence-corrected chi connectivity index (χ4v) is 2.33. The second-order valence-electron chi connectivity index (χ2n) is 4.59. The summed E-state index contributed by atoms with van der Waals surface area (Å²) in [4.78, 5) is 2.45. The van der Waals surface area contributed by atoms with Gasteiger partial charge in [-0.3, -0.25) is 0 Å². The molecule has 0 aliphatic carbocycles. The highest BCUT2D eigenvalue weighted by Crippen LogP contribution is 2.11. The van der Waals surface area contributed by atoms with E-state index in [4.69, 9.17) is 9.47 Å². The van der Waals surface area contributed by atoms with Gasteiger partial charge in [-0.2, -0.15) is 0 Å². The molecule has 0 aromatic carbocycles. The summed E-state index contributed by atoms with van der Waals surface area (Å²) >= 11 is 0. The predicted molar refractivity (Wildman–Crippen MR) is 70.2 cm³/mol. The Hall–Kier alpha value is -0.160. The van der Waals surface area contributed by atoms with Crippen LogP contribution in [0.5, 0.6) is 0 Å². The van der Waals surface area contributed by atoms with Gasteiger partial charge in [0.15, 0.2) is 6.29 Å². The number of hydrogen-bond acceptors (Lipinski definition) is 4. The first-order valence-corrected chi connectivity index (χ1v) is 6.92. The van der Waals surface area contributed by atoms with Gasteiger partial charge in [0.05, 0.1) is 0 Å². The molecule has 1 rings (SSSR count). The Balaban J connectivity index is 2.21. The van der Waals surface area contributed by atoms with Crippen molar-refractivity contribution in [3.8, 4) is 0 Å². The van der Waals surface area contributed by atoms with E-state index in [2.05, 4.69) is 17.3 Å². The lowest BCUT2D eigenvalue weighted by Crippen LogP contribution is -2.42. The van der Waals surface area contributed by atoms with Gasteiger partial charge in [-0.15, -0.1) is 0 Å². The quantitative estimate of drug-likeness (QED) is 0.655. The van der Waals surface area contributed by atoms with Gasteiger partial charge < -0.3 is 19.7 Å². The summed E-state index contributed by atoms with van der Waals surface area (Å²) in [6.07, 6.45) is 3.44. The van der Waals surface area contributed by atoms with Gasteiger partial charge in [-0.05, 0) is 46.8 Å². The van der Waals surface area contributed by atoms with Crippen LogP contribution in [0.15, 0.2) is 0 Å². The van der Waals surface area contributed by atoms with Crippen molar-refractivity contribution in [1.82, 2.24) is 10.2 Å². The van der Waals surface area contributed by atoms with E-state index in [1.54, 1.807) is 0 Å². The van der Waals surface area contributed by atoms with Gasteiger partial charge >= 0.3 is 0 Å². The van der Waals surface area contributed by atoms with Gasteiger partial charge in [-0.1, -0.05) is 0 Å². The largest absolute Gasteiger partial charge is 0.353 e. The monoisotopic (exact) mass is 244 g/mol. The van der Waals surface area contributed by atoms with Crippen LogP contribution in [-0.4, -0.2) is 57.1 Å². The van der Waals surface area contributed by atoms with Crippen LogP contribution in [0.2, 0.25) is 0 Å². The van der Waals surface area contributed by atoms with Crippen molar-refractivity contribution in [1.29, 1.82) is 0 Å². The van der Waals surface area contributed by atoms with E-state index in [0.717, 1.165) is 45.3 Å². The molecular weight excluding hydrogens is 216 g/mol. The molecule has 0 radical (unpaired) electrons. The summed E-state index contributed by atoms with van der Waals surface area (Å²) < 4.78 is 11.1. The Bertz CT molecular complexity index is 178. The maximum Gasteiger partial charge on any atom is 0.158 e. The first-order chi connectivity index (χ1) is 8.27. The number of nitrogens with zero attached hydrogens (tertiary/aromatic N) is 1. The Morgan fingerprint density at radius 3 is 2.29 bits per heavy atom. The summed E-state index contributed by atoms with van der Waals surface area (Å²) in [5.74, 6) is 0. The molecule has 1 saturated heterocycles. The smallest absolute Gasteiger partial charge is 0.158 e. The standard InChI is InChI=1S/C13H28N2O2/c1-4-16-13(17-5-2)8-11-15(3)12-6-9-14-10-7-12/h12-14H,4-11H2,1-3H3. The molecule has 17 heavy (non-hydrogen) atoms. The van der Waals surface area contributed by atoms with Crippen molar-refractivity contribution in [2.24, 2.45) is 0 Å². The van der Waals surface area contributed by atoms with E-state index < -0.39 is 0 Å². The molecule has 0 unspecified atom stereocenters. The molecule has 0 aromatic rings. The number of piperidine rings is 1. The van der Waals surface area contributed by atoms with Crippen LogP contribution in [0, 0.1) is 0 Å². The zero-order valence-electron chi connectivity index (χ0n) is 11.6. The predicted octanol–water partition coefficient (Wildman–Crippen LogP) is 1.46. The maximum absolute atomic E-state index is 5.56. The first-order valence-electron chi connectivity index (χ1n) is 6.92. The van der Waals surface area contributed by atoms with E-state index in [1.807, 2.05) is 13.8 Å². The van der Waals surface area contributed by atoms with Crippen LogP contribution in [0.4, 0.5) is 0 Å². The Labute approximate surface area is 106 Å². The van der Waals surface area contributed by atoms with Gasteiger partial charge in [0.2, 0.25) is 0 Å². The fraction of sp³-hybridized carbons (Fsp3) is 1.00. The third-order valence-corrected chi connectivity index (χ3v) is 3.35. The van der Waals surface area contributed by atoms with Crippen molar-refractivity contribution in [2.45, 2.75) is 45.4 Å². The van der Waals surface area contributed by atoms with Gasteiger partial charge in [0.1, 0.15) is 0 Å². The topological polar surface area (TPSA) is 33.7 Å². The Morgan fingerprint density at radius 2 is 1.76 bits per heavy atom. The minimum Gasteiger partial charge on any atom is -0.353 e. The van der Waals surface area contributed by atoms with Crippen molar-refractivity contribution in [3.63, 3.8) is 0 Å². The van der Waals surface area contributed by atoms with Crippen LogP contribution in [0.25, 0.3) is 0 Å². The molecule has 1 fully saturated rings. The molecule has 0 saturated carbocycles. The second-order valence-corrected chi connectivity index (χ2v) is 4.59. The minimum absolute atomic E-state index is 0.0332. The van der Waals surface area contributed by atoms with Crippen molar-refractivity contribution >= 4 is 0 Å². The summed E-state index contributed by atoms with van der Waals surface area (Å²) in [6, 6.07) is 0.722. The highest BCUT2D eigenvalue weighted by atomic mass is 16.7. The molecule has 1 aliphatic heterocycles. The number of hydrogen-bond donors (Lipinski definition) is 1. The highest BCUT2D eigenvalue weighted by Gasteiger charge is 2.18. The number of ether oxygens (including phenoxy) is 2. The van der Waals surface area contributed by atoms with Crippen LogP contribution in [0.1, 0.15) is 33.1 Å². The second kappa shape index (κ2) is 8.86. The lowest BCUT2D eigenvalue weighted by atomic mass is 10.1. The van der Waals surface area contributed by atoms with Crippen LogP contribution < -0.4 is 5.32 Å². The van der Waals surface area contributed by atoms with E-state index in [-0.39, 0.29) is 6.29 Å². The van der Waals surface area contributed by atoms with E-state index in [9.17, 15) is 0 Å². The third kappa shape index (κ3) is 5.82. The Kier molecular flexibility index (Phi) is 7.77. The van der Waals surface area contributed by atoms with E-state index in [1.165, 1.54) is 12.8 Å². The summed E-state index contributed by atoms with van der Waals surface area (Å²) in [6.45, 7) is 8.83. The third-order valence-electron chi connectivity index (χ3n) is 3.35. The van der Waals surface area contributed by atoms with Gasteiger partial charge in [-0.25, -0.2) is 0 Å². The van der Waals surface area contributed by atoms with Gasteiger partial charge in [0, 0.05) is 32.2 Å². The van der Waals surface area contributed by atoms with Gasteiger partial charge in [0.25, 0.3) is 0 Å². The molecule has 4 nitrogen and oxygen atoms in total. The zero-order chi connectivity index (χ0) is 12.5. The van der Waals surface area contributed by atoms with Crippen LogP contribution >= 0.6 is 0 Å². The molecule has 102 valence electrons. The average molecular weight is 244 g/mol. The normalized spacial score (nSPS) is 18.2. The number of nitrogens with one attached hydrogen (secondary N) is 1. The fourth-order valence-electron chi connectivity index (χ4n) is 2.33. The SMILES string of the molecule is CCOC(CCN(C)C1CCNCC1)OCC. The van der Waals surface area contributed by atoms with Crippen molar-refractivity contribution < 1.29 is 9.47 Å². The highest BCUT2D eigenvalue weighted by molar-refractivity contribution is 4.75. The summed E-state index contributed by atoms with van der Waals surface area (Å²) in [7, 11) is 2.21. The molecular formula is C13H28N2O2. The summed E-state index contributed by atoms with van der Waals surface area (Å²) in [5, 5.41) is 3.40. The first kappa shape index (κ1) is 14.9. The van der Waals surface area contributed by atoms with Crippen LogP contribution in [0.3, 0.4) is 0 Å². The lowest BCUT2D eigenvalue weighted by molar-refractivity contribution is -0.142. The van der Waals surface area contributed by atoms with Crippen molar-refractivity contribution in [2.75, 3.05) is 39.9 Å². The molecule has 0 atom stereocenters. The Morgan fingerprint density at radius 1 is 1.18 bits per heavy atom. The molecule has 0 spiro atoms.